The summed E-state index contributed by atoms with van der Waals surface area (Å²) in [6.45, 7) is 3.39. The van der Waals surface area contributed by atoms with Crippen LogP contribution in [0.3, 0.4) is 0 Å². The largest absolute Gasteiger partial charge is 0.473 e. The molecule has 0 radical (unpaired) electrons. The lowest BCUT2D eigenvalue weighted by molar-refractivity contribution is -0.257. The van der Waals surface area contributed by atoms with Gasteiger partial charge in [0, 0.05) is 19.3 Å². The summed E-state index contributed by atoms with van der Waals surface area (Å²) < 4.78 is 79.0. The number of sulfonamides is 1. The molecule has 0 saturated carbocycles. The van der Waals surface area contributed by atoms with Crippen molar-refractivity contribution in [2.24, 2.45) is 0 Å². The fourth-order valence-corrected chi connectivity index (χ4v) is 5.19. The molecule has 2 heterocycles. The van der Waals surface area contributed by atoms with Crippen molar-refractivity contribution < 1.29 is 41.0 Å². The smallest absolute Gasteiger partial charge is 0.427 e. The van der Waals surface area contributed by atoms with Crippen molar-refractivity contribution in [3.63, 3.8) is 0 Å². The van der Waals surface area contributed by atoms with E-state index in [1.807, 2.05) is 0 Å². The highest BCUT2D eigenvalue weighted by Crippen LogP contribution is 2.36. The maximum absolute atomic E-state index is 13.6. The van der Waals surface area contributed by atoms with E-state index in [4.69, 9.17) is 9.84 Å². The third-order valence-electron chi connectivity index (χ3n) is 5.54. The van der Waals surface area contributed by atoms with Gasteiger partial charge < -0.3 is 14.6 Å². The van der Waals surface area contributed by atoms with Gasteiger partial charge in [-0.15, -0.1) is 5.10 Å². The van der Waals surface area contributed by atoms with E-state index in [1.54, 1.807) is 19.1 Å². The van der Waals surface area contributed by atoms with Gasteiger partial charge in [-0.1, -0.05) is 12.1 Å². The standard InChI is InChI=1S/C22H28F3N3O6S/c1-4-27-14-18(20(26-27)33-11-10-29)35(31,32)28-9-5-6-16-8-7-15(12-17(16)28)13-19(30)34-21(2,3)22(23,24)25/h7-8,12,14,29H,4-6,9-11,13H2,1-3H3. The van der Waals surface area contributed by atoms with Crippen LogP contribution >= 0.6 is 0 Å². The van der Waals surface area contributed by atoms with Gasteiger partial charge in [0.25, 0.3) is 15.9 Å². The second-order valence-corrected chi connectivity index (χ2v) is 10.4. The van der Waals surface area contributed by atoms with Crippen LogP contribution in [0.15, 0.2) is 29.3 Å². The van der Waals surface area contributed by atoms with E-state index in [9.17, 15) is 26.4 Å². The first-order chi connectivity index (χ1) is 16.3. The predicted molar refractivity (Wildman–Crippen MR) is 120 cm³/mol. The number of aryl methyl sites for hydroxylation is 2. The summed E-state index contributed by atoms with van der Waals surface area (Å²) in [6, 6.07) is 4.71. The van der Waals surface area contributed by atoms with Gasteiger partial charge in [0.2, 0.25) is 5.60 Å². The number of aromatic nitrogens is 2. The number of carbonyl (C=O) groups is 1. The number of carbonyl (C=O) groups excluding carboxylic acids is 1. The van der Waals surface area contributed by atoms with Crippen molar-refractivity contribution in [2.45, 2.75) is 63.3 Å². The number of fused-ring (bicyclic) bond motifs is 1. The molecule has 0 aliphatic carbocycles. The molecule has 194 valence electrons. The molecule has 13 heteroatoms. The van der Waals surface area contributed by atoms with Crippen molar-refractivity contribution in [1.29, 1.82) is 0 Å². The van der Waals surface area contributed by atoms with Gasteiger partial charge in [-0.3, -0.25) is 13.8 Å². The lowest BCUT2D eigenvalue weighted by Gasteiger charge is -2.31. The van der Waals surface area contributed by atoms with Crippen molar-refractivity contribution in [3.8, 4) is 5.88 Å². The van der Waals surface area contributed by atoms with Crippen LogP contribution in [0.1, 0.15) is 38.3 Å². The molecule has 1 aromatic heterocycles. The molecule has 0 spiro atoms. The Balaban J connectivity index is 1.92. The first-order valence-corrected chi connectivity index (χ1v) is 12.5. The van der Waals surface area contributed by atoms with Gasteiger partial charge in [0.05, 0.1) is 18.7 Å². The minimum atomic E-state index is -4.73. The third kappa shape index (κ3) is 5.72. The van der Waals surface area contributed by atoms with Crippen LogP contribution in [0.4, 0.5) is 18.9 Å². The molecule has 0 atom stereocenters. The van der Waals surface area contributed by atoms with Gasteiger partial charge >= 0.3 is 12.1 Å². The van der Waals surface area contributed by atoms with Crippen LogP contribution in [-0.4, -0.2) is 60.8 Å². The number of esters is 1. The Labute approximate surface area is 201 Å². The van der Waals surface area contributed by atoms with Gasteiger partial charge in [0.15, 0.2) is 4.90 Å². The Bertz CT molecular complexity index is 1180. The number of benzene rings is 1. The van der Waals surface area contributed by atoms with E-state index in [1.165, 1.54) is 21.3 Å². The molecule has 35 heavy (non-hydrogen) atoms. The highest BCUT2D eigenvalue weighted by atomic mass is 32.2. The first kappa shape index (κ1) is 26.8. The molecule has 1 aliphatic rings. The maximum Gasteiger partial charge on any atom is 0.427 e. The van der Waals surface area contributed by atoms with E-state index < -0.39 is 34.2 Å². The molecule has 0 bridgehead atoms. The number of anilines is 1. The van der Waals surface area contributed by atoms with Crippen LogP contribution in [0.2, 0.25) is 0 Å². The molecular weight excluding hydrogens is 491 g/mol. The minimum Gasteiger partial charge on any atom is -0.473 e. The molecular formula is C22H28F3N3O6S. The van der Waals surface area contributed by atoms with Gasteiger partial charge in [-0.25, -0.2) is 8.42 Å². The van der Waals surface area contributed by atoms with Crippen LogP contribution in [-0.2, 0) is 38.9 Å². The first-order valence-electron chi connectivity index (χ1n) is 11.0. The van der Waals surface area contributed by atoms with Gasteiger partial charge in [-0.2, -0.15) is 13.2 Å². The summed E-state index contributed by atoms with van der Waals surface area (Å²) in [5.74, 6) is -1.22. The fourth-order valence-electron chi connectivity index (χ4n) is 3.58. The molecule has 0 saturated heterocycles. The Morgan fingerprint density at radius 2 is 1.97 bits per heavy atom. The number of hydrogen-bond donors (Lipinski definition) is 1. The molecule has 1 N–H and O–H groups in total. The zero-order valence-electron chi connectivity index (χ0n) is 19.6. The molecule has 0 unspecified atom stereocenters. The number of ether oxygens (including phenoxy) is 2. The molecule has 1 aliphatic heterocycles. The summed E-state index contributed by atoms with van der Waals surface area (Å²) in [5.41, 5.74) is -1.30. The zero-order chi connectivity index (χ0) is 26.0. The Morgan fingerprint density at radius 3 is 2.60 bits per heavy atom. The minimum absolute atomic E-state index is 0.137. The average molecular weight is 520 g/mol. The van der Waals surface area contributed by atoms with Crippen molar-refractivity contribution in [3.05, 3.63) is 35.5 Å². The number of aliphatic hydroxyl groups excluding tert-OH is 1. The van der Waals surface area contributed by atoms with Crippen molar-refractivity contribution >= 4 is 21.7 Å². The van der Waals surface area contributed by atoms with Gasteiger partial charge in [-0.05, 0) is 50.8 Å². The topological polar surface area (TPSA) is 111 Å². The Morgan fingerprint density at radius 1 is 1.26 bits per heavy atom. The summed E-state index contributed by atoms with van der Waals surface area (Å²) in [4.78, 5) is 12.1. The number of nitrogens with zero attached hydrogens (tertiary/aromatic N) is 3. The van der Waals surface area contributed by atoms with E-state index >= 15 is 0 Å². The molecule has 3 rings (SSSR count). The van der Waals surface area contributed by atoms with E-state index in [0.29, 0.717) is 36.2 Å². The van der Waals surface area contributed by atoms with E-state index in [0.717, 1.165) is 13.8 Å². The van der Waals surface area contributed by atoms with E-state index in [2.05, 4.69) is 9.84 Å². The molecule has 2 aromatic rings. The lowest BCUT2D eigenvalue weighted by Crippen LogP contribution is -2.43. The molecule has 0 fully saturated rings. The molecule has 9 nitrogen and oxygen atoms in total. The Hall–Kier alpha value is -2.80. The van der Waals surface area contributed by atoms with Crippen LogP contribution in [0.25, 0.3) is 0 Å². The van der Waals surface area contributed by atoms with Gasteiger partial charge in [0.1, 0.15) is 6.61 Å². The monoisotopic (exact) mass is 519 g/mol. The second-order valence-electron chi connectivity index (χ2n) is 8.53. The number of halogens is 3. The summed E-state index contributed by atoms with van der Waals surface area (Å²) in [5, 5.41) is 13.2. The van der Waals surface area contributed by atoms with Crippen molar-refractivity contribution in [2.75, 3.05) is 24.1 Å². The maximum atomic E-state index is 13.6. The lowest BCUT2D eigenvalue weighted by atomic mass is 10.00. The predicted octanol–water partition coefficient (Wildman–Crippen LogP) is 2.84. The van der Waals surface area contributed by atoms with Crippen molar-refractivity contribution in [1.82, 2.24) is 9.78 Å². The highest BCUT2D eigenvalue weighted by Gasteiger charge is 2.50. The normalized spacial score (nSPS) is 14.5. The summed E-state index contributed by atoms with van der Waals surface area (Å²) in [7, 11) is -4.14. The van der Waals surface area contributed by atoms with E-state index in [-0.39, 0.29) is 30.5 Å². The summed E-state index contributed by atoms with van der Waals surface area (Å²) >= 11 is 0. The number of aliphatic hydroxyl groups is 1. The SMILES string of the molecule is CCn1cc(S(=O)(=O)N2CCCc3ccc(CC(=O)OC(C)(C)C(F)(F)F)cc32)c(OCCO)n1. The third-order valence-corrected chi connectivity index (χ3v) is 7.34. The van der Waals surface area contributed by atoms with Crippen LogP contribution in [0.5, 0.6) is 5.88 Å². The highest BCUT2D eigenvalue weighted by molar-refractivity contribution is 7.93. The zero-order valence-corrected chi connectivity index (χ0v) is 20.4. The summed E-state index contributed by atoms with van der Waals surface area (Å²) in [6.07, 6.45) is -2.71. The molecule has 1 aromatic carbocycles. The average Bonchev–Trinajstić information content (AvgIpc) is 3.20. The fraction of sp³-hybridized carbons (Fsp3) is 0.545. The number of rotatable bonds is 9. The number of alkyl halides is 3. The quantitative estimate of drug-likeness (QED) is 0.507. The molecule has 0 amide bonds. The number of hydrogen-bond acceptors (Lipinski definition) is 7. The Kier molecular flexibility index (Phi) is 7.70. The van der Waals surface area contributed by atoms with Crippen LogP contribution in [0, 0.1) is 0 Å². The second kappa shape index (κ2) is 10.1. The van der Waals surface area contributed by atoms with Crippen LogP contribution < -0.4 is 9.04 Å².